The Morgan fingerprint density at radius 1 is 1.10 bits per heavy atom. The summed E-state index contributed by atoms with van der Waals surface area (Å²) in [7, 11) is 0. The molecule has 118 valence electrons. The Kier molecular flexibility index (Phi) is 8.73. The average molecular weight is 401 g/mol. The fourth-order valence-electron chi connectivity index (χ4n) is 2.13. The highest BCUT2D eigenvalue weighted by atomic mass is 127. The molecule has 1 fully saturated rings. The Morgan fingerprint density at radius 2 is 1.76 bits per heavy atom. The molecule has 3 nitrogen and oxygen atoms in total. The molecule has 0 heterocycles. The van der Waals surface area contributed by atoms with Crippen LogP contribution in [0.3, 0.4) is 0 Å². The summed E-state index contributed by atoms with van der Waals surface area (Å²) in [6.45, 7) is 7.12. The molecule has 0 amide bonds. The number of hydrogen-bond acceptors (Lipinski definition) is 1. The summed E-state index contributed by atoms with van der Waals surface area (Å²) in [5.41, 5.74) is 2.79. The number of nitrogens with zero attached hydrogens (tertiary/aromatic N) is 1. The predicted molar refractivity (Wildman–Crippen MR) is 102 cm³/mol. The van der Waals surface area contributed by atoms with Crippen LogP contribution in [0.15, 0.2) is 29.3 Å². The highest BCUT2D eigenvalue weighted by molar-refractivity contribution is 14.0. The van der Waals surface area contributed by atoms with Gasteiger partial charge in [-0.2, -0.15) is 0 Å². The molecule has 0 saturated heterocycles. The van der Waals surface area contributed by atoms with Crippen molar-refractivity contribution in [3.63, 3.8) is 0 Å². The first-order valence-electron chi connectivity index (χ1n) is 7.91. The van der Waals surface area contributed by atoms with Gasteiger partial charge in [-0.3, -0.25) is 4.99 Å². The summed E-state index contributed by atoms with van der Waals surface area (Å²) in [4.78, 5) is 4.63. The van der Waals surface area contributed by atoms with Crippen LogP contribution in [0.5, 0.6) is 0 Å². The monoisotopic (exact) mass is 401 g/mol. The number of nitrogens with one attached hydrogen (secondary N) is 2. The molecule has 4 heteroatoms. The zero-order valence-corrected chi connectivity index (χ0v) is 15.5. The summed E-state index contributed by atoms with van der Waals surface area (Å²) in [6, 6.07) is 8.91. The highest BCUT2D eigenvalue weighted by Gasteiger charge is 2.20. The van der Waals surface area contributed by atoms with E-state index in [1.165, 1.54) is 24.0 Å². The summed E-state index contributed by atoms with van der Waals surface area (Å²) in [5.74, 6) is 1.80. The molecular weight excluding hydrogens is 373 g/mol. The SMILES string of the molecule is CCNC(=NCC1CC1)NCCc1ccc(CC)cc1.I. The molecule has 1 aromatic carbocycles. The molecule has 0 unspecified atom stereocenters. The van der Waals surface area contributed by atoms with Crippen LogP contribution in [-0.2, 0) is 12.8 Å². The Hall–Kier alpha value is -0.780. The number of benzene rings is 1. The topological polar surface area (TPSA) is 36.4 Å². The molecule has 0 atom stereocenters. The number of guanidine groups is 1. The van der Waals surface area contributed by atoms with Gasteiger partial charge in [-0.25, -0.2) is 0 Å². The first-order chi connectivity index (χ1) is 9.81. The smallest absolute Gasteiger partial charge is 0.191 e. The van der Waals surface area contributed by atoms with Gasteiger partial charge >= 0.3 is 0 Å². The zero-order chi connectivity index (χ0) is 14.2. The van der Waals surface area contributed by atoms with Crippen LogP contribution in [0.25, 0.3) is 0 Å². The normalized spacial score (nSPS) is 14.5. The third kappa shape index (κ3) is 7.16. The van der Waals surface area contributed by atoms with Crippen LogP contribution in [0, 0.1) is 5.92 Å². The minimum absolute atomic E-state index is 0. The number of aryl methyl sites for hydroxylation is 1. The molecule has 1 aliphatic rings. The third-order valence-electron chi connectivity index (χ3n) is 3.69. The molecule has 0 aliphatic heterocycles. The van der Waals surface area contributed by atoms with Crippen molar-refractivity contribution in [1.82, 2.24) is 10.6 Å². The maximum atomic E-state index is 4.63. The van der Waals surface area contributed by atoms with Gasteiger partial charge in [-0.05, 0) is 49.7 Å². The van der Waals surface area contributed by atoms with Gasteiger partial charge in [0.1, 0.15) is 0 Å². The maximum Gasteiger partial charge on any atom is 0.191 e. The Bertz CT molecular complexity index is 424. The molecule has 2 N–H and O–H groups in total. The molecule has 0 aromatic heterocycles. The van der Waals surface area contributed by atoms with Crippen LogP contribution < -0.4 is 10.6 Å². The molecule has 0 bridgehead atoms. The van der Waals surface area contributed by atoms with E-state index in [0.717, 1.165) is 44.4 Å². The van der Waals surface area contributed by atoms with Gasteiger partial charge in [0.05, 0.1) is 0 Å². The van der Waals surface area contributed by atoms with Gasteiger partial charge in [-0.1, -0.05) is 31.2 Å². The van der Waals surface area contributed by atoms with Gasteiger partial charge in [0.15, 0.2) is 5.96 Å². The summed E-state index contributed by atoms with van der Waals surface area (Å²) in [5, 5.41) is 6.73. The van der Waals surface area contributed by atoms with E-state index in [0.29, 0.717) is 0 Å². The van der Waals surface area contributed by atoms with E-state index in [-0.39, 0.29) is 24.0 Å². The lowest BCUT2D eigenvalue weighted by Crippen LogP contribution is -2.38. The predicted octanol–water partition coefficient (Wildman–Crippen LogP) is 3.37. The Balaban J connectivity index is 0.00000220. The molecule has 2 rings (SSSR count). The minimum Gasteiger partial charge on any atom is -0.357 e. The molecule has 1 aliphatic carbocycles. The average Bonchev–Trinajstić information content (AvgIpc) is 3.30. The van der Waals surface area contributed by atoms with Gasteiger partial charge in [0, 0.05) is 19.6 Å². The van der Waals surface area contributed by atoms with E-state index in [9.17, 15) is 0 Å². The fraction of sp³-hybridized carbons (Fsp3) is 0.588. The van der Waals surface area contributed by atoms with Gasteiger partial charge in [0.2, 0.25) is 0 Å². The van der Waals surface area contributed by atoms with Crippen LogP contribution in [-0.4, -0.2) is 25.6 Å². The molecule has 1 saturated carbocycles. The van der Waals surface area contributed by atoms with Crippen molar-refractivity contribution < 1.29 is 0 Å². The van der Waals surface area contributed by atoms with Crippen LogP contribution >= 0.6 is 24.0 Å². The van der Waals surface area contributed by atoms with E-state index >= 15 is 0 Å². The van der Waals surface area contributed by atoms with E-state index in [1.807, 2.05) is 0 Å². The number of halogens is 1. The lowest BCUT2D eigenvalue weighted by atomic mass is 10.1. The Labute approximate surface area is 146 Å². The third-order valence-corrected chi connectivity index (χ3v) is 3.69. The van der Waals surface area contributed by atoms with Crippen molar-refractivity contribution in [3.05, 3.63) is 35.4 Å². The first kappa shape index (κ1) is 18.3. The second kappa shape index (κ2) is 10.0. The second-order valence-corrected chi connectivity index (χ2v) is 5.51. The van der Waals surface area contributed by atoms with Crippen molar-refractivity contribution in [2.75, 3.05) is 19.6 Å². The van der Waals surface area contributed by atoms with Gasteiger partial charge in [0.25, 0.3) is 0 Å². The molecule has 0 spiro atoms. The van der Waals surface area contributed by atoms with Crippen molar-refractivity contribution in [2.24, 2.45) is 10.9 Å². The first-order valence-corrected chi connectivity index (χ1v) is 7.91. The zero-order valence-electron chi connectivity index (χ0n) is 13.2. The quantitative estimate of drug-likeness (QED) is 0.418. The van der Waals surface area contributed by atoms with Crippen LogP contribution in [0.4, 0.5) is 0 Å². The van der Waals surface area contributed by atoms with Crippen molar-refractivity contribution in [1.29, 1.82) is 0 Å². The van der Waals surface area contributed by atoms with E-state index in [4.69, 9.17) is 0 Å². The largest absolute Gasteiger partial charge is 0.357 e. The minimum atomic E-state index is 0. The van der Waals surface area contributed by atoms with E-state index < -0.39 is 0 Å². The molecule has 0 radical (unpaired) electrons. The lowest BCUT2D eigenvalue weighted by Gasteiger charge is -2.11. The van der Waals surface area contributed by atoms with E-state index in [2.05, 4.69) is 53.7 Å². The maximum absolute atomic E-state index is 4.63. The summed E-state index contributed by atoms with van der Waals surface area (Å²) >= 11 is 0. The molecule has 21 heavy (non-hydrogen) atoms. The van der Waals surface area contributed by atoms with Crippen molar-refractivity contribution in [3.8, 4) is 0 Å². The number of rotatable bonds is 7. The van der Waals surface area contributed by atoms with Crippen molar-refractivity contribution in [2.45, 2.75) is 39.5 Å². The lowest BCUT2D eigenvalue weighted by molar-refractivity contribution is 0.776. The van der Waals surface area contributed by atoms with Crippen LogP contribution in [0.1, 0.15) is 37.8 Å². The number of hydrogen-bond donors (Lipinski definition) is 2. The van der Waals surface area contributed by atoms with Crippen molar-refractivity contribution >= 4 is 29.9 Å². The van der Waals surface area contributed by atoms with Gasteiger partial charge < -0.3 is 10.6 Å². The Morgan fingerprint density at radius 3 is 2.33 bits per heavy atom. The molecule has 1 aromatic rings. The fourth-order valence-corrected chi connectivity index (χ4v) is 2.13. The second-order valence-electron chi connectivity index (χ2n) is 5.51. The summed E-state index contributed by atoms with van der Waals surface area (Å²) < 4.78 is 0. The highest BCUT2D eigenvalue weighted by Crippen LogP contribution is 2.28. The van der Waals surface area contributed by atoms with E-state index in [1.54, 1.807) is 0 Å². The standard InChI is InChI=1S/C17H27N3.HI/c1-3-14-5-7-15(8-6-14)11-12-19-17(18-4-2)20-13-16-9-10-16;/h5-8,16H,3-4,9-13H2,1-2H3,(H2,18,19,20);1H. The summed E-state index contributed by atoms with van der Waals surface area (Å²) in [6.07, 6.45) is 4.86. The number of aliphatic imine (C=N–C) groups is 1. The molecular formula is C17H28IN3. The van der Waals surface area contributed by atoms with Gasteiger partial charge in [-0.15, -0.1) is 24.0 Å². The van der Waals surface area contributed by atoms with Crippen LogP contribution in [0.2, 0.25) is 0 Å².